The van der Waals surface area contributed by atoms with Gasteiger partial charge in [0.25, 0.3) is 10.2 Å². The maximum Gasteiger partial charge on any atom is 0.277 e. The lowest BCUT2D eigenvalue weighted by molar-refractivity contribution is 0.567. The minimum Gasteiger partial charge on any atom is -0.346 e. The van der Waals surface area contributed by atoms with Crippen LogP contribution in [0.15, 0.2) is 24.5 Å². The molecule has 0 aliphatic rings. The summed E-state index contributed by atoms with van der Waals surface area (Å²) in [7, 11) is -3.50. The third-order valence-corrected chi connectivity index (χ3v) is 3.55. The normalized spacial score (nSPS) is 12.1. The van der Waals surface area contributed by atoms with Crippen LogP contribution in [0, 0.1) is 0 Å². The predicted octanol–water partition coefficient (Wildman–Crippen LogP) is -0.554. The van der Waals surface area contributed by atoms with Crippen molar-refractivity contribution < 1.29 is 8.42 Å². The second-order valence-electron chi connectivity index (χ2n) is 3.72. The lowest BCUT2D eigenvalue weighted by Crippen LogP contribution is -2.38. The number of hydrogen-bond acceptors (Lipinski definition) is 4. The van der Waals surface area contributed by atoms with Gasteiger partial charge in [-0.3, -0.25) is 0 Å². The molecule has 0 bridgehead atoms. The molecule has 5 N–H and O–H groups in total. The number of nitrogens with one attached hydrogen (secondary N) is 3. The van der Waals surface area contributed by atoms with Crippen molar-refractivity contribution in [2.24, 2.45) is 5.73 Å². The smallest absolute Gasteiger partial charge is 0.277 e. The van der Waals surface area contributed by atoms with Gasteiger partial charge in [0.2, 0.25) is 0 Å². The highest BCUT2D eigenvalue weighted by Crippen LogP contribution is 2.14. The number of fused-ring (bicyclic) bond motifs is 1. The predicted molar refractivity (Wildman–Crippen MR) is 68.9 cm³/mol. The third-order valence-electron chi connectivity index (χ3n) is 2.44. The van der Waals surface area contributed by atoms with Crippen LogP contribution in [-0.4, -0.2) is 31.5 Å². The van der Waals surface area contributed by atoms with Crippen LogP contribution in [0.25, 0.3) is 11.0 Å². The molecule has 0 saturated carbocycles. The SMILES string of the molecule is NCCNS(=O)(=O)NCc1ccnc2[nH]ccc12. The average molecular weight is 269 g/mol. The fraction of sp³-hybridized carbons (Fsp3) is 0.300. The van der Waals surface area contributed by atoms with E-state index in [9.17, 15) is 8.42 Å². The van der Waals surface area contributed by atoms with E-state index in [2.05, 4.69) is 19.4 Å². The van der Waals surface area contributed by atoms with Crippen molar-refractivity contribution in [3.05, 3.63) is 30.1 Å². The van der Waals surface area contributed by atoms with E-state index >= 15 is 0 Å². The Balaban J connectivity index is 2.08. The van der Waals surface area contributed by atoms with Gasteiger partial charge in [-0.15, -0.1) is 0 Å². The van der Waals surface area contributed by atoms with Crippen molar-refractivity contribution >= 4 is 21.2 Å². The zero-order valence-corrected chi connectivity index (χ0v) is 10.5. The van der Waals surface area contributed by atoms with Crippen LogP contribution in [0.4, 0.5) is 0 Å². The molecule has 98 valence electrons. The zero-order chi connectivity index (χ0) is 13.0. The summed E-state index contributed by atoms with van der Waals surface area (Å²) in [5, 5.41) is 0.902. The molecule has 0 atom stereocenters. The molecule has 2 aromatic rings. The summed E-state index contributed by atoms with van der Waals surface area (Å²) >= 11 is 0. The Kier molecular flexibility index (Phi) is 3.92. The second kappa shape index (κ2) is 5.44. The average Bonchev–Trinajstić information content (AvgIpc) is 2.82. The van der Waals surface area contributed by atoms with E-state index in [-0.39, 0.29) is 19.6 Å². The molecule has 2 rings (SSSR count). The van der Waals surface area contributed by atoms with Gasteiger partial charge in [0.1, 0.15) is 5.65 Å². The largest absolute Gasteiger partial charge is 0.346 e. The Bertz CT molecular complexity index is 622. The van der Waals surface area contributed by atoms with Crippen LogP contribution in [0.3, 0.4) is 0 Å². The Morgan fingerprint density at radius 2 is 2.17 bits per heavy atom. The molecule has 0 aliphatic heterocycles. The summed E-state index contributed by atoms with van der Waals surface area (Å²) in [5.41, 5.74) is 6.83. The van der Waals surface area contributed by atoms with Crippen LogP contribution in [-0.2, 0) is 16.8 Å². The molecular weight excluding hydrogens is 254 g/mol. The molecule has 0 spiro atoms. The van der Waals surface area contributed by atoms with Crippen molar-refractivity contribution in [3.63, 3.8) is 0 Å². The van der Waals surface area contributed by atoms with Gasteiger partial charge < -0.3 is 10.7 Å². The first-order valence-electron chi connectivity index (χ1n) is 5.47. The minimum absolute atomic E-state index is 0.205. The molecule has 8 heteroatoms. The highest BCUT2D eigenvalue weighted by molar-refractivity contribution is 7.87. The molecule has 0 aromatic carbocycles. The number of aromatic amines is 1. The molecule has 0 fully saturated rings. The molecule has 0 unspecified atom stereocenters. The second-order valence-corrected chi connectivity index (χ2v) is 5.30. The molecule has 0 saturated heterocycles. The minimum atomic E-state index is -3.50. The first-order valence-corrected chi connectivity index (χ1v) is 6.96. The Labute approximate surface area is 105 Å². The van der Waals surface area contributed by atoms with Gasteiger partial charge in [-0.05, 0) is 17.7 Å². The highest BCUT2D eigenvalue weighted by Gasteiger charge is 2.09. The number of hydrogen-bond donors (Lipinski definition) is 4. The van der Waals surface area contributed by atoms with E-state index in [1.165, 1.54) is 0 Å². The van der Waals surface area contributed by atoms with E-state index < -0.39 is 10.2 Å². The van der Waals surface area contributed by atoms with E-state index in [4.69, 9.17) is 5.73 Å². The molecular formula is C10H15N5O2S. The molecule has 0 amide bonds. The summed E-state index contributed by atoms with van der Waals surface area (Å²) < 4.78 is 27.9. The number of nitrogens with two attached hydrogens (primary N) is 1. The summed E-state index contributed by atoms with van der Waals surface area (Å²) in [6, 6.07) is 3.64. The summed E-state index contributed by atoms with van der Waals surface area (Å²) in [6.45, 7) is 0.681. The maximum atomic E-state index is 11.5. The third kappa shape index (κ3) is 3.05. The van der Waals surface area contributed by atoms with E-state index in [1.54, 1.807) is 18.5 Å². The van der Waals surface area contributed by atoms with Gasteiger partial charge >= 0.3 is 0 Å². The topological polar surface area (TPSA) is 113 Å². The van der Waals surface area contributed by atoms with Gasteiger partial charge in [-0.25, -0.2) is 9.71 Å². The number of rotatable bonds is 6. The Hall–Kier alpha value is -1.48. The van der Waals surface area contributed by atoms with Gasteiger partial charge in [0.15, 0.2) is 0 Å². The van der Waals surface area contributed by atoms with E-state index in [0.29, 0.717) is 0 Å². The van der Waals surface area contributed by atoms with Crippen LogP contribution >= 0.6 is 0 Å². The number of nitrogens with zero attached hydrogens (tertiary/aromatic N) is 1. The summed E-state index contributed by atoms with van der Waals surface area (Å²) in [6.07, 6.45) is 3.40. The van der Waals surface area contributed by atoms with Crippen molar-refractivity contribution in [1.82, 2.24) is 19.4 Å². The summed E-state index contributed by atoms with van der Waals surface area (Å²) in [5.74, 6) is 0. The molecule has 0 aliphatic carbocycles. The molecule has 7 nitrogen and oxygen atoms in total. The van der Waals surface area contributed by atoms with Crippen molar-refractivity contribution in [3.8, 4) is 0 Å². The lowest BCUT2D eigenvalue weighted by atomic mass is 10.2. The van der Waals surface area contributed by atoms with Gasteiger partial charge in [-0.1, -0.05) is 0 Å². The fourth-order valence-corrected chi connectivity index (χ4v) is 2.42. The maximum absolute atomic E-state index is 11.5. The first kappa shape index (κ1) is 13.0. The lowest BCUT2D eigenvalue weighted by Gasteiger charge is -2.08. The van der Waals surface area contributed by atoms with Crippen LogP contribution in [0.2, 0.25) is 0 Å². The molecule has 18 heavy (non-hydrogen) atoms. The Morgan fingerprint density at radius 3 is 2.94 bits per heavy atom. The van der Waals surface area contributed by atoms with E-state index in [1.807, 2.05) is 6.07 Å². The van der Waals surface area contributed by atoms with Crippen molar-refractivity contribution in [1.29, 1.82) is 0 Å². The Morgan fingerprint density at radius 1 is 1.33 bits per heavy atom. The number of pyridine rings is 1. The highest BCUT2D eigenvalue weighted by atomic mass is 32.2. The van der Waals surface area contributed by atoms with E-state index in [0.717, 1.165) is 16.6 Å². The summed E-state index contributed by atoms with van der Waals surface area (Å²) in [4.78, 5) is 7.10. The van der Waals surface area contributed by atoms with Crippen LogP contribution < -0.4 is 15.2 Å². The standard InChI is InChI=1S/C10H15N5O2S/c11-3-6-14-18(16,17)15-7-8-1-4-12-10-9(8)2-5-13-10/h1-2,4-5,14-15H,3,6-7,11H2,(H,12,13). The van der Waals surface area contributed by atoms with Crippen molar-refractivity contribution in [2.75, 3.05) is 13.1 Å². The van der Waals surface area contributed by atoms with Crippen molar-refractivity contribution in [2.45, 2.75) is 6.54 Å². The monoisotopic (exact) mass is 269 g/mol. The van der Waals surface area contributed by atoms with Crippen LogP contribution in [0.5, 0.6) is 0 Å². The number of aromatic nitrogens is 2. The number of H-pyrrole nitrogens is 1. The fourth-order valence-electron chi connectivity index (χ4n) is 1.59. The molecule has 2 aromatic heterocycles. The molecule has 2 heterocycles. The zero-order valence-electron chi connectivity index (χ0n) is 9.68. The molecule has 0 radical (unpaired) electrons. The van der Waals surface area contributed by atoms with Gasteiger partial charge in [0, 0.05) is 37.4 Å². The van der Waals surface area contributed by atoms with Gasteiger partial charge in [-0.2, -0.15) is 13.1 Å². The van der Waals surface area contributed by atoms with Gasteiger partial charge in [0.05, 0.1) is 0 Å². The quantitative estimate of drug-likeness (QED) is 0.563. The first-order chi connectivity index (χ1) is 8.62. The van der Waals surface area contributed by atoms with Crippen LogP contribution in [0.1, 0.15) is 5.56 Å².